The van der Waals surface area contributed by atoms with Gasteiger partial charge in [-0.15, -0.1) is 0 Å². The van der Waals surface area contributed by atoms with Crippen LogP contribution in [0.4, 0.5) is 0 Å². The zero-order valence-corrected chi connectivity index (χ0v) is 35.5. The van der Waals surface area contributed by atoms with Crippen molar-refractivity contribution < 1.29 is 127 Å². The molecule has 8 N–H and O–H groups in total. The van der Waals surface area contributed by atoms with Crippen molar-refractivity contribution in [1.29, 1.82) is 0 Å². The van der Waals surface area contributed by atoms with Crippen LogP contribution in [-0.2, 0) is 22.4 Å². The zero-order valence-electron chi connectivity index (χ0n) is 31.5. The van der Waals surface area contributed by atoms with Crippen LogP contribution in [0.5, 0.6) is 23.0 Å². The fourth-order valence-corrected chi connectivity index (χ4v) is 7.64. The number of likely N-dealkylation sites (tertiary alicyclic amines) is 2. The van der Waals surface area contributed by atoms with Gasteiger partial charge in [0.15, 0.2) is 0 Å². The molecule has 0 saturated carbocycles. The number of ether oxygens (including phenoxy) is 2. The number of rotatable bonds is 8. The normalized spacial score (nSPS) is 23.1. The molecule has 18 nitrogen and oxygen atoms in total. The molecule has 56 heavy (non-hydrogen) atoms. The topological polar surface area (TPSA) is 257 Å². The number of hydrogen-bond donors (Lipinski definition) is 8. The molecule has 292 valence electrons. The van der Waals surface area contributed by atoms with Gasteiger partial charge in [0.05, 0.1) is 49.8 Å². The van der Waals surface area contributed by atoms with Gasteiger partial charge >= 0.3 is 84.6 Å². The number of amides is 2. The Hall–Kier alpha value is -2.59. The third-order valence-corrected chi connectivity index (χ3v) is 10.6. The molecule has 0 bridgehead atoms. The molecule has 2 amide bonds. The van der Waals surface area contributed by atoms with Crippen LogP contribution in [0.25, 0.3) is 0 Å². The average molecular weight is 800 g/mol. The Kier molecular flexibility index (Phi) is 14.4. The minimum Gasteiger partial charge on any atom is -0.669 e. The van der Waals surface area contributed by atoms with E-state index in [0.29, 0.717) is 50.1 Å². The number of hydrogen-bond acceptors (Lipinski definition) is 14. The van der Waals surface area contributed by atoms with E-state index in [1.54, 1.807) is 34.1 Å². The molecule has 0 unspecified atom stereocenters. The Labute approximate surface area is 366 Å². The molecule has 6 aliphatic rings. The fourth-order valence-electron chi connectivity index (χ4n) is 7.64. The summed E-state index contributed by atoms with van der Waals surface area (Å²) in [5.74, 6) is -2.34. The van der Waals surface area contributed by atoms with Gasteiger partial charge in [0.25, 0.3) is 0 Å². The summed E-state index contributed by atoms with van der Waals surface area (Å²) in [4.78, 5) is 51.5. The van der Waals surface area contributed by atoms with E-state index in [-0.39, 0.29) is 142 Å². The largest absolute Gasteiger partial charge is 1.00 e. The van der Waals surface area contributed by atoms with Crippen molar-refractivity contribution in [2.24, 2.45) is 0 Å². The van der Waals surface area contributed by atoms with E-state index in [9.17, 15) is 49.5 Å². The summed E-state index contributed by atoms with van der Waals surface area (Å²) in [6, 6.07) is 6.19. The Balaban J connectivity index is 0.000000207. The van der Waals surface area contributed by atoms with Gasteiger partial charge in [0, 0.05) is 0 Å². The molecule has 4 fully saturated rings. The van der Waals surface area contributed by atoms with Crippen molar-refractivity contribution in [3.8, 4) is 23.0 Å². The van der Waals surface area contributed by atoms with Crippen molar-refractivity contribution in [1.82, 2.24) is 20.4 Å². The number of aryl methyl sites for hydroxylation is 2. The first kappa shape index (κ1) is 44.5. The van der Waals surface area contributed by atoms with E-state index in [0.717, 1.165) is 38.8 Å². The number of aromatic carboxylic acids is 2. The molecule has 6 heterocycles. The molecule has 0 spiro atoms. The predicted molar refractivity (Wildman–Crippen MR) is 190 cm³/mol. The summed E-state index contributed by atoms with van der Waals surface area (Å²) < 4.78 is 21.9. The molecular weight excluding hydrogens is 756 g/mol. The van der Waals surface area contributed by atoms with E-state index in [1.165, 1.54) is 0 Å². The molecular formula is C34H44B2N4Na2O14. The molecule has 4 saturated heterocycles. The Bertz CT molecular complexity index is 1690. The number of carbonyl (C=O) groups is 4. The van der Waals surface area contributed by atoms with Gasteiger partial charge in [-0.1, -0.05) is 24.8 Å². The quantitative estimate of drug-likeness (QED) is 0.116. The standard InChI is InChI=1S/2C17H22BN2O7.2Na/c2*21-16(12-2-1-7-19-12)20-8-11(9-20)26-13-4-3-10-5-6-18(24,25)27-15(10)14(13)17(22)23;;/h2*3-4,11-12,19,24-25H,1-2,5-9H2,(H,22,23);;/q2*-1;2*+1/t2*12-;;/m11../s1. The second kappa shape index (κ2) is 18.1. The molecule has 2 atom stereocenters. The number of carboxylic acids is 2. The van der Waals surface area contributed by atoms with Crippen molar-refractivity contribution >= 4 is 37.3 Å². The number of carbonyl (C=O) groups excluding carboxylic acids is 2. The Morgan fingerprint density at radius 1 is 0.643 bits per heavy atom. The van der Waals surface area contributed by atoms with Gasteiger partial charge in [0.1, 0.15) is 34.8 Å². The van der Waals surface area contributed by atoms with Gasteiger partial charge in [-0.05, 0) is 74.9 Å². The summed E-state index contributed by atoms with van der Waals surface area (Å²) in [5.41, 5.74) is 0.753. The fraction of sp³-hybridized carbons (Fsp3) is 0.529. The maximum atomic E-state index is 12.3. The van der Waals surface area contributed by atoms with Crippen LogP contribution in [0.3, 0.4) is 0 Å². The summed E-state index contributed by atoms with van der Waals surface area (Å²) in [7, 11) is 0. The number of nitrogens with one attached hydrogen (secondary N) is 2. The molecule has 2 aromatic carbocycles. The van der Waals surface area contributed by atoms with Crippen molar-refractivity contribution in [2.75, 3.05) is 39.3 Å². The summed E-state index contributed by atoms with van der Waals surface area (Å²) in [5, 5.41) is 64.6. The maximum absolute atomic E-state index is 12.3. The van der Waals surface area contributed by atoms with Crippen LogP contribution >= 0.6 is 0 Å². The SMILES string of the molecule is O=C(O)c1c(OC2CN(C(=O)[C@H]3CCCN3)C2)ccc2c1O[B-](O)(O)CC2.O=C(O)c1c(OC2CN(C(=O)[C@H]3CCCN3)C2)ccc2c1O[B-](O)(O)CC2.[Na+].[Na+]. The predicted octanol–water partition coefficient (Wildman–Crippen LogP) is -6.82. The van der Waals surface area contributed by atoms with Crippen LogP contribution in [0.15, 0.2) is 24.3 Å². The third-order valence-electron chi connectivity index (χ3n) is 10.6. The molecule has 22 heteroatoms. The van der Waals surface area contributed by atoms with E-state index < -0.39 is 25.4 Å². The number of carboxylic acid groups (broad SMARTS) is 2. The molecule has 6 aliphatic heterocycles. The maximum Gasteiger partial charge on any atom is 1.00 e. The van der Waals surface area contributed by atoms with Crippen LogP contribution < -0.4 is 88.5 Å². The molecule has 8 rings (SSSR count). The first-order chi connectivity index (χ1) is 25.7. The summed E-state index contributed by atoms with van der Waals surface area (Å²) in [6.45, 7) is -2.89. The Morgan fingerprint density at radius 2 is 1.02 bits per heavy atom. The van der Waals surface area contributed by atoms with Crippen molar-refractivity contribution in [3.63, 3.8) is 0 Å². The summed E-state index contributed by atoms with van der Waals surface area (Å²) in [6.07, 6.45) is 3.66. The van der Waals surface area contributed by atoms with Crippen molar-refractivity contribution in [2.45, 2.75) is 75.5 Å². The smallest absolute Gasteiger partial charge is 0.669 e. The first-order valence-electron chi connectivity index (χ1n) is 18.4. The van der Waals surface area contributed by atoms with Crippen LogP contribution in [-0.4, -0.2) is 141 Å². The van der Waals surface area contributed by atoms with Crippen molar-refractivity contribution in [3.05, 3.63) is 46.5 Å². The van der Waals surface area contributed by atoms with E-state index >= 15 is 0 Å². The van der Waals surface area contributed by atoms with Gasteiger partial charge in [-0.2, -0.15) is 0 Å². The third kappa shape index (κ3) is 9.81. The molecule has 0 aliphatic carbocycles. The minimum absolute atomic E-state index is 0. The van der Waals surface area contributed by atoms with E-state index in [4.69, 9.17) is 18.8 Å². The second-order valence-corrected chi connectivity index (χ2v) is 14.8. The van der Waals surface area contributed by atoms with E-state index in [1.807, 2.05) is 0 Å². The zero-order chi connectivity index (χ0) is 38.4. The monoisotopic (exact) mass is 800 g/mol. The van der Waals surface area contributed by atoms with Gasteiger partial charge in [-0.25, -0.2) is 9.59 Å². The first-order valence-corrected chi connectivity index (χ1v) is 18.4. The van der Waals surface area contributed by atoms with Crippen LogP contribution in [0.1, 0.15) is 57.5 Å². The molecule has 2 aromatic rings. The van der Waals surface area contributed by atoms with Gasteiger partial charge in [-0.3, -0.25) is 9.59 Å². The molecule has 0 aromatic heterocycles. The average Bonchev–Trinajstić information content (AvgIpc) is 3.81. The second-order valence-electron chi connectivity index (χ2n) is 14.8. The van der Waals surface area contributed by atoms with Crippen LogP contribution in [0.2, 0.25) is 12.6 Å². The van der Waals surface area contributed by atoms with Gasteiger partial charge in [0.2, 0.25) is 11.8 Å². The van der Waals surface area contributed by atoms with E-state index in [2.05, 4.69) is 10.6 Å². The number of fused-ring (bicyclic) bond motifs is 2. The van der Waals surface area contributed by atoms with Crippen LogP contribution in [0, 0.1) is 0 Å². The summed E-state index contributed by atoms with van der Waals surface area (Å²) >= 11 is 0. The Morgan fingerprint density at radius 3 is 1.34 bits per heavy atom. The number of benzene rings is 2. The minimum atomic E-state index is -3.07. The number of nitrogens with zero attached hydrogens (tertiary/aromatic N) is 2. The molecule has 0 radical (unpaired) electrons. The van der Waals surface area contributed by atoms with Gasteiger partial charge < -0.3 is 69.5 Å².